The maximum atomic E-state index is 13.5. The number of nitrogens with one attached hydrogen (secondary N) is 1. The first-order valence-corrected chi connectivity index (χ1v) is 7.00. The van der Waals surface area contributed by atoms with E-state index in [0.717, 1.165) is 19.5 Å². The second kappa shape index (κ2) is 7.07. The smallest absolute Gasteiger partial charge is 0.129 e. The fourth-order valence-corrected chi connectivity index (χ4v) is 2.48. The van der Waals surface area contributed by atoms with Crippen LogP contribution in [0.15, 0.2) is 18.2 Å². The summed E-state index contributed by atoms with van der Waals surface area (Å²) in [5.74, 6) is -0.227. The van der Waals surface area contributed by atoms with Crippen LogP contribution in [0.5, 0.6) is 0 Å². The summed E-state index contributed by atoms with van der Waals surface area (Å²) in [6, 6.07) is 4.83. The minimum atomic E-state index is -0.227. The van der Waals surface area contributed by atoms with Crippen molar-refractivity contribution in [3.63, 3.8) is 0 Å². The Morgan fingerprint density at radius 3 is 2.78 bits per heavy atom. The lowest BCUT2D eigenvalue weighted by atomic mass is 10.2. The summed E-state index contributed by atoms with van der Waals surface area (Å²) in [4.78, 5) is 2.49. The Hall–Kier alpha value is -0.640. The van der Waals surface area contributed by atoms with Gasteiger partial charge in [0.1, 0.15) is 5.82 Å². The molecule has 2 rings (SSSR count). The van der Waals surface area contributed by atoms with Gasteiger partial charge in [0.25, 0.3) is 0 Å². The lowest BCUT2D eigenvalue weighted by molar-refractivity contribution is 0.331. The highest BCUT2D eigenvalue weighted by atomic mass is 35.5. The van der Waals surface area contributed by atoms with E-state index in [2.05, 4.69) is 10.2 Å². The predicted molar refractivity (Wildman–Crippen MR) is 73.4 cm³/mol. The average molecular weight is 271 g/mol. The molecular formula is C14H20ClFN2. The van der Waals surface area contributed by atoms with Gasteiger partial charge in [-0.1, -0.05) is 17.7 Å². The van der Waals surface area contributed by atoms with E-state index in [1.807, 2.05) is 0 Å². The molecule has 1 fully saturated rings. The second-order valence-electron chi connectivity index (χ2n) is 4.81. The molecule has 1 saturated heterocycles. The van der Waals surface area contributed by atoms with Crippen molar-refractivity contribution in [1.29, 1.82) is 0 Å². The van der Waals surface area contributed by atoms with Crippen molar-refractivity contribution >= 4 is 11.6 Å². The van der Waals surface area contributed by atoms with E-state index in [-0.39, 0.29) is 5.82 Å². The van der Waals surface area contributed by atoms with Crippen molar-refractivity contribution in [1.82, 2.24) is 10.2 Å². The average Bonchev–Trinajstić information content (AvgIpc) is 2.84. The first-order chi connectivity index (χ1) is 8.75. The number of hydrogen-bond acceptors (Lipinski definition) is 2. The number of rotatable bonds is 6. The van der Waals surface area contributed by atoms with Crippen molar-refractivity contribution in [2.24, 2.45) is 0 Å². The van der Waals surface area contributed by atoms with Gasteiger partial charge in [-0.3, -0.25) is 0 Å². The summed E-state index contributed by atoms with van der Waals surface area (Å²) in [6.07, 6.45) is 3.79. The van der Waals surface area contributed by atoms with Gasteiger partial charge in [-0.25, -0.2) is 4.39 Å². The molecule has 0 radical (unpaired) electrons. The molecule has 1 aliphatic rings. The molecule has 4 heteroatoms. The van der Waals surface area contributed by atoms with Gasteiger partial charge in [0, 0.05) is 17.1 Å². The fourth-order valence-electron chi connectivity index (χ4n) is 2.32. The van der Waals surface area contributed by atoms with Crippen LogP contribution < -0.4 is 5.32 Å². The van der Waals surface area contributed by atoms with Crippen LogP contribution in [-0.4, -0.2) is 31.1 Å². The molecule has 0 saturated carbocycles. The van der Waals surface area contributed by atoms with Gasteiger partial charge in [-0.05, 0) is 57.6 Å². The van der Waals surface area contributed by atoms with Gasteiger partial charge < -0.3 is 10.2 Å². The molecule has 18 heavy (non-hydrogen) atoms. The molecular weight excluding hydrogens is 251 g/mol. The number of hydrogen-bond donors (Lipinski definition) is 1. The molecule has 1 aromatic carbocycles. The molecule has 0 amide bonds. The summed E-state index contributed by atoms with van der Waals surface area (Å²) in [7, 11) is 0. The van der Waals surface area contributed by atoms with Crippen molar-refractivity contribution in [3.05, 3.63) is 34.6 Å². The minimum absolute atomic E-state index is 0.227. The molecule has 0 atom stereocenters. The van der Waals surface area contributed by atoms with Crippen molar-refractivity contribution in [2.45, 2.75) is 25.8 Å². The number of nitrogens with zero attached hydrogens (tertiary/aromatic N) is 1. The molecule has 2 nitrogen and oxygen atoms in total. The fraction of sp³-hybridized carbons (Fsp3) is 0.571. The Bertz CT molecular complexity index is 378. The summed E-state index contributed by atoms with van der Waals surface area (Å²) >= 11 is 5.71. The molecule has 100 valence electrons. The van der Waals surface area contributed by atoms with E-state index in [1.165, 1.54) is 32.0 Å². The van der Waals surface area contributed by atoms with Crippen LogP contribution in [0, 0.1) is 5.82 Å². The van der Waals surface area contributed by atoms with E-state index in [1.54, 1.807) is 12.1 Å². The van der Waals surface area contributed by atoms with E-state index in [9.17, 15) is 4.39 Å². The van der Waals surface area contributed by atoms with Gasteiger partial charge in [0.15, 0.2) is 0 Å². The Morgan fingerprint density at radius 1 is 1.28 bits per heavy atom. The Morgan fingerprint density at radius 2 is 2.06 bits per heavy atom. The number of likely N-dealkylation sites (tertiary alicyclic amines) is 1. The standard InChI is InChI=1S/C14H20ClFN2/c15-13-5-4-12(14(16)10-13)11-17-6-3-9-18-7-1-2-8-18/h4-5,10,17H,1-3,6-9,11H2. The highest BCUT2D eigenvalue weighted by Gasteiger charge is 2.10. The summed E-state index contributed by atoms with van der Waals surface area (Å²) < 4.78 is 13.5. The molecule has 1 heterocycles. The molecule has 0 aromatic heterocycles. The number of benzene rings is 1. The van der Waals surface area contributed by atoms with Crippen LogP contribution in [0.1, 0.15) is 24.8 Å². The molecule has 1 aromatic rings. The summed E-state index contributed by atoms with van der Waals surface area (Å²) in [6.45, 7) is 5.13. The zero-order valence-corrected chi connectivity index (χ0v) is 11.3. The van der Waals surface area contributed by atoms with Crippen LogP contribution in [0.4, 0.5) is 4.39 Å². The second-order valence-corrected chi connectivity index (χ2v) is 5.25. The van der Waals surface area contributed by atoms with E-state index >= 15 is 0 Å². The monoisotopic (exact) mass is 270 g/mol. The van der Waals surface area contributed by atoms with E-state index < -0.39 is 0 Å². The third-order valence-corrected chi connectivity index (χ3v) is 3.59. The third-order valence-electron chi connectivity index (χ3n) is 3.36. The van der Waals surface area contributed by atoms with Crippen molar-refractivity contribution in [3.8, 4) is 0 Å². The zero-order valence-electron chi connectivity index (χ0n) is 10.6. The lowest BCUT2D eigenvalue weighted by Gasteiger charge is -2.14. The van der Waals surface area contributed by atoms with Crippen molar-refractivity contribution < 1.29 is 4.39 Å². The van der Waals surface area contributed by atoms with E-state index in [0.29, 0.717) is 17.1 Å². The third kappa shape index (κ3) is 4.23. The lowest BCUT2D eigenvalue weighted by Crippen LogP contribution is -2.24. The summed E-state index contributed by atoms with van der Waals surface area (Å²) in [5, 5.41) is 3.73. The Labute approximate surface area is 113 Å². The first kappa shape index (κ1) is 13.8. The van der Waals surface area contributed by atoms with Crippen LogP contribution in [-0.2, 0) is 6.54 Å². The molecule has 1 N–H and O–H groups in total. The normalized spacial score (nSPS) is 16.3. The Kier molecular flexibility index (Phi) is 5.42. The molecule has 0 unspecified atom stereocenters. The van der Waals surface area contributed by atoms with Gasteiger partial charge >= 0.3 is 0 Å². The highest BCUT2D eigenvalue weighted by molar-refractivity contribution is 6.30. The van der Waals surface area contributed by atoms with E-state index in [4.69, 9.17) is 11.6 Å². The largest absolute Gasteiger partial charge is 0.313 e. The Balaban J connectivity index is 1.62. The SMILES string of the molecule is Fc1cc(Cl)ccc1CNCCCN1CCCC1. The maximum absolute atomic E-state index is 13.5. The highest BCUT2D eigenvalue weighted by Crippen LogP contribution is 2.14. The maximum Gasteiger partial charge on any atom is 0.129 e. The van der Waals surface area contributed by atoms with Crippen LogP contribution in [0.2, 0.25) is 5.02 Å². The minimum Gasteiger partial charge on any atom is -0.313 e. The zero-order chi connectivity index (χ0) is 12.8. The van der Waals surface area contributed by atoms with Crippen LogP contribution >= 0.6 is 11.6 Å². The van der Waals surface area contributed by atoms with Gasteiger partial charge in [0.05, 0.1) is 0 Å². The van der Waals surface area contributed by atoms with Gasteiger partial charge in [-0.2, -0.15) is 0 Å². The van der Waals surface area contributed by atoms with Crippen LogP contribution in [0.3, 0.4) is 0 Å². The summed E-state index contributed by atoms with van der Waals surface area (Å²) in [5.41, 5.74) is 0.681. The first-order valence-electron chi connectivity index (χ1n) is 6.63. The van der Waals surface area contributed by atoms with Gasteiger partial charge in [0.2, 0.25) is 0 Å². The van der Waals surface area contributed by atoms with Crippen LogP contribution in [0.25, 0.3) is 0 Å². The van der Waals surface area contributed by atoms with Gasteiger partial charge in [-0.15, -0.1) is 0 Å². The molecule has 0 aliphatic carbocycles. The predicted octanol–water partition coefficient (Wildman–Crippen LogP) is 3.05. The van der Waals surface area contributed by atoms with Crippen molar-refractivity contribution in [2.75, 3.05) is 26.2 Å². The molecule has 0 bridgehead atoms. The number of halogens is 2. The quantitative estimate of drug-likeness (QED) is 0.800. The molecule has 1 aliphatic heterocycles. The molecule has 0 spiro atoms. The topological polar surface area (TPSA) is 15.3 Å².